The van der Waals surface area contributed by atoms with E-state index in [1.54, 1.807) is 31.2 Å². The van der Waals surface area contributed by atoms with Crippen molar-refractivity contribution in [3.8, 4) is 11.1 Å². The van der Waals surface area contributed by atoms with E-state index in [-0.39, 0.29) is 23.4 Å². The molecule has 1 heterocycles. The van der Waals surface area contributed by atoms with Gasteiger partial charge in [0.25, 0.3) is 5.56 Å². The third-order valence-corrected chi connectivity index (χ3v) is 3.28. The molecule has 0 radical (unpaired) electrons. The molecule has 0 bridgehead atoms. The summed E-state index contributed by atoms with van der Waals surface area (Å²) < 4.78 is 6.12. The van der Waals surface area contributed by atoms with Gasteiger partial charge in [0.15, 0.2) is 0 Å². The van der Waals surface area contributed by atoms with Gasteiger partial charge in [-0.25, -0.2) is 4.79 Å². The molecular formula is C14H15ClN2O3. The number of methoxy groups -OCH3 is 1. The molecule has 0 fully saturated rings. The van der Waals surface area contributed by atoms with E-state index in [9.17, 15) is 9.59 Å². The van der Waals surface area contributed by atoms with Crippen molar-refractivity contribution in [3.05, 3.63) is 56.3 Å². The van der Waals surface area contributed by atoms with Gasteiger partial charge >= 0.3 is 5.69 Å². The number of aromatic amines is 1. The summed E-state index contributed by atoms with van der Waals surface area (Å²) in [6.07, 6.45) is 0. The highest BCUT2D eigenvalue weighted by atomic mass is 35.5. The fraction of sp³-hybridized carbons (Fsp3) is 0.286. The van der Waals surface area contributed by atoms with E-state index >= 15 is 0 Å². The van der Waals surface area contributed by atoms with Crippen molar-refractivity contribution in [2.24, 2.45) is 0 Å². The van der Waals surface area contributed by atoms with Gasteiger partial charge in [-0.1, -0.05) is 41.9 Å². The Kier molecular flexibility index (Phi) is 4.42. The Morgan fingerprint density at radius 2 is 1.95 bits per heavy atom. The minimum absolute atomic E-state index is 0.0482. The second-order valence-corrected chi connectivity index (χ2v) is 4.84. The fourth-order valence-corrected chi connectivity index (χ4v) is 2.37. The molecule has 5 nitrogen and oxygen atoms in total. The van der Waals surface area contributed by atoms with E-state index in [2.05, 4.69) is 4.98 Å². The van der Waals surface area contributed by atoms with E-state index in [0.29, 0.717) is 5.56 Å². The maximum Gasteiger partial charge on any atom is 0.329 e. The Balaban J connectivity index is 2.69. The topological polar surface area (TPSA) is 64.1 Å². The van der Waals surface area contributed by atoms with Crippen LogP contribution in [0.15, 0.2) is 39.9 Å². The van der Waals surface area contributed by atoms with Crippen LogP contribution in [0.2, 0.25) is 5.15 Å². The second kappa shape index (κ2) is 6.07. The smallest absolute Gasteiger partial charge is 0.329 e. The first kappa shape index (κ1) is 14.6. The fourth-order valence-electron chi connectivity index (χ4n) is 2.09. The lowest BCUT2D eigenvalue weighted by Crippen LogP contribution is -2.39. The van der Waals surface area contributed by atoms with E-state index < -0.39 is 11.2 Å². The summed E-state index contributed by atoms with van der Waals surface area (Å²) in [6.45, 7) is 2.00. The van der Waals surface area contributed by atoms with Crippen molar-refractivity contribution in [3.63, 3.8) is 0 Å². The highest BCUT2D eigenvalue weighted by molar-refractivity contribution is 6.32. The molecule has 0 spiro atoms. The van der Waals surface area contributed by atoms with Crippen molar-refractivity contribution >= 4 is 11.6 Å². The molecule has 2 aromatic rings. The molecule has 1 atom stereocenters. The molecular weight excluding hydrogens is 280 g/mol. The van der Waals surface area contributed by atoms with Crippen molar-refractivity contribution in [1.29, 1.82) is 0 Å². The molecule has 0 aliphatic carbocycles. The molecule has 0 saturated heterocycles. The predicted octanol–water partition coefficient (Wildman–Crippen LogP) is 2.06. The average Bonchev–Trinajstić information content (AvgIpc) is 2.39. The minimum Gasteiger partial charge on any atom is -0.383 e. The molecule has 2 rings (SSSR count). The lowest BCUT2D eigenvalue weighted by atomic mass is 10.1. The summed E-state index contributed by atoms with van der Waals surface area (Å²) >= 11 is 6.02. The molecule has 0 aliphatic heterocycles. The van der Waals surface area contributed by atoms with Gasteiger partial charge in [-0.2, -0.15) is 0 Å². The standard InChI is InChI=1S/C14H15ClN2O3/c1-9(8-20-2)17-13(18)11(12(15)16-14(17)19)10-6-4-3-5-7-10/h3-7,9H,8H2,1-2H3,(H,16,19). The third kappa shape index (κ3) is 2.69. The number of aromatic nitrogens is 2. The Labute approximate surface area is 120 Å². The Bertz CT molecular complexity index is 707. The van der Waals surface area contributed by atoms with E-state index in [1.165, 1.54) is 7.11 Å². The Morgan fingerprint density at radius 3 is 2.55 bits per heavy atom. The maximum absolute atomic E-state index is 12.5. The van der Waals surface area contributed by atoms with Crippen LogP contribution in [0.25, 0.3) is 11.1 Å². The SMILES string of the molecule is COCC(C)n1c(=O)[nH]c(Cl)c(-c2ccccc2)c1=O. The Hall–Kier alpha value is -1.85. The number of hydrogen-bond acceptors (Lipinski definition) is 3. The van der Waals surface area contributed by atoms with Gasteiger partial charge in [0.2, 0.25) is 0 Å². The zero-order chi connectivity index (χ0) is 14.7. The van der Waals surface area contributed by atoms with Gasteiger partial charge in [0, 0.05) is 7.11 Å². The number of hydrogen-bond donors (Lipinski definition) is 1. The molecule has 106 valence electrons. The first-order valence-corrected chi connectivity index (χ1v) is 6.52. The number of rotatable bonds is 4. The van der Waals surface area contributed by atoms with Crippen molar-refractivity contribution < 1.29 is 4.74 Å². The summed E-state index contributed by atoms with van der Waals surface area (Å²) in [4.78, 5) is 27.0. The number of nitrogens with one attached hydrogen (secondary N) is 1. The van der Waals surface area contributed by atoms with Crippen LogP contribution in [0.1, 0.15) is 13.0 Å². The van der Waals surface area contributed by atoms with Crippen LogP contribution in [0.3, 0.4) is 0 Å². The zero-order valence-electron chi connectivity index (χ0n) is 11.2. The van der Waals surface area contributed by atoms with Crippen LogP contribution in [0.5, 0.6) is 0 Å². The maximum atomic E-state index is 12.5. The summed E-state index contributed by atoms with van der Waals surface area (Å²) in [5.74, 6) is 0. The van der Waals surface area contributed by atoms with E-state index in [4.69, 9.17) is 16.3 Å². The molecule has 1 N–H and O–H groups in total. The largest absolute Gasteiger partial charge is 0.383 e. The van der Waals surface area contributed by atoms with Crippen LogP contribution in [0, 0.1) is 0 Å². The highest BCUT2D eigenvalue weighted by Gasteiger charge is 2.17. The monoisotopic (exact) mass is 294 g/mol. The molecule has 1 aromatic carbocycles. The molecule has 0 saturated carbocycles. The van der Waals surface area contributed by atoms with Crippen LogP contribution >= 0.6 is 11.6 Å². The van der Waals surface area contributed by atoms with Gasteiger partial charge in [0.1, 0.15) is 5.15 Å². The second-order valence-electron chi connectivity index (χ2n) is 4.46. The summed E-state index contributed by atoms with van der Waals surface area (Å²) in [5, 5.41) is 0.0482. The van der Waals surface area contributed by atoms with Gasteiger partial charge in [0.05, 0.1) is 18.2 Å². The number of halogens is 1. The molecule has 20 heavy (non-hydrogen) atoms. The normalized spacial score (nSPS) is 12.3. The molecule has 6 heteroatoms. The molecule has 0 amide bonds. The minimum atomic E-state index is -0.538. The van der Waals surface area contributed by atoms with E-state index in [1.807, 2.05) is 6.07 Å². The lowest BCUT2D eigenvalue weighted by molar-refractivity contribution is 0.159. The third-order valence-electron chi connectivity index (χ3n) is 3.00. The highest BCUT2D eigenvalue weighted by Crippen LogP contribution is 2.21. The van der Waals surface area contributed by atoms with Crippen LogP contribution in [-0.2, 0) is 4.74 Å². The van der Waals surface area contributed by atoms with Crippen LogP contribution in [-0.4, -0.2) is 23.3 Å². The summed E-state index contributed by atoms with van der Waals surface area (Å²) in [7, 11) is 1.52. The van der Waals surface area contributed by atoms with Gasteiger partial charge in [-0.15, -0.1) is 0 Å². The van der Waals surface area contributed by atoms with Crippen molar-refractivity contribution in [2.75, 3.05) is 13.7 Å². The summed E-state index contributed by atoms with van der Waals surface area (Å²) in [5.41, 5.74) is -0.00864. The number of benzene rings is 1. The van der Waals surface area contributed by atoms with Gasteiger partial charge < -0.3 is 4.74 Å². The van der Waals surface area contributed by atoms with E-state index in [0.717, 1.165) is 4.57 Å². The number of H-pyrrole nitrogens is 1. The van der Waals surface area contributed by atoms with Crippen LogP contribution < -0.4 is 11.2 Å². The number of nitrogens with zero attached hydrogens (tertiary/aromatic N) is 1. The lowest BCUT2D eigenvalue weighted by Gasteiger charge is -2.15. The van der Waals surface area contributed by atoms with Crippen LogP contribution in [0.4, 0.5) is 0 Å². The first-order valence-electron chi connectivity index (χ1n) is 6.15. The quantitative estimate of drug-likeness (QED) is 0.878. The average molecular weight is 295 g/mol. The van der Waals surface area contributed by atoms with Crippen molar-refractivity contribution in [1.82, 2.24) is 9.55 Å². The predicted molar refractivity (Wildman–Crippen MR) is 78.4 cm³/mol. The molecule has 1 aromatic heterocycles. The number of ether oxygens (including phenoxy) is 1. The first-order chi connectivity index (χ1) is 9.56. The van der Waals surface area contributed by atoms with Gasteiger partial charge in [-0.05, 0) is 12.5 Å². The zero-order valence-corrected chi connectivity index (χ0v) is 12.0. The van der Waals surface area contributed by atoms with Gasteiger partial charge in [-0.3, -0.25) is 14.3 Å². The molecule has 0 aliphatic rings. The Morgan fingerprint density at radius 1 is 1.30 bits per heavy atom. The summed E-state index contributed by atoms with van der Waals surface area (Å²) in [6, 6.07) is 8.61. The molecule has 1 unspecified atom stereocenters. The van der Waals surface area contributed by atoms with Crippen molar-refractivity contribution in [2.45, 2.75) is 13.0 Å².